The van der Waals surface area contributed by atoms with Crippen molar-refractivity contribution in [3.8, 4) is 0 Å². The van der Waals surface area contributed by atoms with Crippen LogP contribution in [-0.2, 0) is 6.18 Å². The molecule has 0 amide bonds. The molecule has 2 aromatic heterocycles. The Kier molecular flexibility index (Phi) is 5.05. The molecule has 0 saturated heterocycles. The highest BCUT2D eigenvalue weighted by atomic mass is 35.5. The quantitative estimate of drug-likeness (QED) is 0.766. The number of nitrogens with zero attached hydrogens (tertiary/aromatic N) is 2. The number of hydrogen-bond acceptors (Lipinski definition) is 4. The SMILES string of the molecule is CCCC(Nc1cc(C(F)(F)F)nc(Cl)n1)c1cccs1. The summed E-state index contributed by atoms with van der Waals surface area (Å²) in [7, 11) is 0. The first-order chi connectivity index (χ1) is 9.90. The first kappa shape index (κ1) is 16.0. The van der Waals surface area contributed by atoms with E-state index in [9.17, 15) is 13.2 Å². The standard InChI is InChI=1S/C13H13ClF3N3S/c1-2-4-8(9-5-3-6-21-9)18-11-7-10(13(15,16)17)19-12(14)20-11/h3,5-8H,2,4H2,1H3,(H,18,19,20). The molecule has 8 heteroatoms. The number of halogens is 4. The largest absolute Gasteiger partial charge is 0.433 e. The summed E-state index contributed by atoms with van der Waals surface area (Å²) in [6.07, 6.45) is -2.88. The molecule has 114 valence electrons. The molecule has 1 atom stereocenters. The number of aromatic nitrogens is 2. The summed E-state index contributed by atoms with van der Waals surface area (Å²) in [5, 5.41) is 4.51. The van der Waals surface area contributed by atoms with Crippen LogP contribution in [0.1, 0.15) is 36.4 Å². The first-order valence-corrected chi connectivity index (χ1v) is 7.57. The van der Waals surface area contributed by atoms with Crippen molar-refractivity contribution in [1.82, 2.24) is 9.97 Å². The van der Waals surface area contributed by atoms with Gasteiger partial charge in [-0.05, 0) is 29.5 Å². The Bertz CT molecular complexity index is 587. The highest BCUT2D eigenvalue weighted by Gasteiger charge is 2.33. The van der Waals surface area contributed by atoms with Crippen LogP contribution in [0.3, 0.4) is 0 Å². The van der Waals surface area contributed by atoms with Gasteiger partial charge in [-0.15, -0.1) is 11.3 Å². The molecule has 2 aromatic rings. The van der Waals surface area contributed by atoms with E-state index in [0.29, 0.717) is 0 Å². The maximum absolute atomic E-state index is 12.7. The van der Waals surface area contributed by atoms with Gasteiger partial charge in [-0.3, -0.25) is 0 Å². The molecule has 0 saturated carbocycles. The molecular weight excluding hydrogens is 323 g/mol. The molecule has 3 nitrogen and oxygen atoms in total. The van der Waals surface area contributed by atoms with E-state index in [-0.39, 0.29) is 11.9 Å². The van der Waals surface area contributed by atoms with Crippen LogP contribution in [0.15, 0.2) is 23.6 Å². The molecule has 21 heavy (non-hydrogen) atoms. The Morgan fingerprint density at radius 1 is 1.38 bits per heavy atom. The van der Waals surface area contributed by atoms with Gasteiger partial charge < -0.3 is 5.32 Å². The lowest BCUT2D eigenvalue weighted by Crippen LogP contribution is -2.14. The molecule has 1 N–H and O–H groups in total. The summed E-state index contributed by atoms with van der Waals surface area (Å²) in [6, 6.07) is 4.62. The summed E-state index contributed by atoms with van der Waals surface area (Å²) in [5.41, 5.74) is -1.05. The summed E-state index contributed by atoms with van der Waals surface area (Å²) in [6.45, 7) is 2.01. The minimum Gasteiger partial charge on any atom is -0.362 e. The number of anilines is 1. The summed E-state index contributed by atoms with van der Waals surface area (Å²) < 4.78 is 38.2. The number of rotatable bonds is 5. The lowest BCUT2D eigenvalue weighted by Gasteiger charge is -2.18. The molecule has 2 rings (SSSR count). The van der Waals surface area contributed by atoms with Gasteiger partial charge in [0.05, 0.1) is 6.04 Å². The minimum atomic E-state index is -4.55. The van der Waals surface area contributed by atoms with E-state index in [4.69, 9.17) is 11.6 Å². The fraction of sp³-hybridized carbons (Fsp3) is 0.385. The number of nitrogens with one attached hydrogen (secondary N) is 1. The van der Waals surface area contributed by atoms with E-state index < -0.39 is 17.2 Å². The van der Waals surface area contributed by atoms with Gasteiger partial charge >= 0.3 is 6.18 Å². The Morgan fingerprint density at radius 2 is 2.14 bits per heavy atom. The van der Waals surface area contributed by atoms with Crippen LogP contribution in [-0.4, -0.2) is 9.97 Å². The van der Waals surface area contributed by atoms with Crippen LogP contribution < -0.4 is 5.32 Å². The topological polar surface area (TPSA) is 37.8 Å². The maximum Gasteiger partial charge on any atom is 0.433 e. The second kappa shape index (κ2) is 6.62. The summed E-state index contributed by atoms with van der Waals surface area (Å²) in [5.74, 6) is 0.0779. The smallest absolute Gasteiger partial charge is 0.362 e. The molecule has 0 aliphatic carbocycles. The van der Waals surface area contributed by atoms with Crippen molar-refractivity contribution in [1.29, 1.82) is 0 Å². The van der Waals surface area contributed by atoms with Crippen molar-refractivity contribution in [2.45, 2.75) is 32.0 Å². The minimum absolute atomic E-state index is 0.0779. The van der Waals surface area contributed by atoms with E-state index in [2.05, 4.69) is 15.3 Å². The van der Waals surface area contributed by atoms with E-state index in [0.717, 1.165) is 23.8 Å². The van der Waals surface area contributed by atoms with E-state index in [1.165, 1.54) is 0 Å². The van der Waals surface area contributed by atoms with Gasteiger partial charge in [-0.1, -0.05) is 19.4 Å². The highest BCUT2D eigenvalue weighted by Crippen LogP contribution is 2.32. The molecule has 0 aliphatic heterocycles. The lowest BCUT2D eigenvalue weighted by atomic mass is 10.1. The van der Waals surface area contributed by atoms with Crippen LogP contribution in [0.4, 0.5) is 19.0 Å². The normalized spacial score (nSPS) is 13.2. The molecule has 0 aromatic carbocycles. The fourth-order valence-corrected chi connectivity index (χ4v) is 2.87. The molecule has 0 aliphatic rings. The van der Waals surface area contributed by atoms with Gasteiger partial charge in [0.2, 0.25) is 5.28 Å². The predicted octanol–water partition coefficient (Wildman–Crippen LogP) is 5.16. The second-order valence-electron chi connectivity index (χ2n) is 4.41. The average Bonchev–Trinajstić information content (AvgIpc) is 2.90. The Hall–Kier alpha value is -1.34. The third-order valence-electron chi connectivity index (χ3n) is 2.78. The van der Waals surface area contributed by atoms with Gasteiger partial charge in [0.25, 0.3) is 0 Å². The van der Waals surface area contributed by atoms with Crippen LogP contribution in [0.5, 0.6) is 0 Å². The molecular formula is C13H13ClF3N3S. The van der Waals surface area contributed by atoms with Crippen molar-refractivity contribution in [3.05, 3.63) is 39.4 Å². The molecule has 0 radical (unpaired) electrons. The van der Waals surface area contributed by atoms with Crippen LogP contribution in [0.2, 0.25) is 5.28 Å². The first-order valence-electron chi connectivity index (χ1n) is 6.32. The molecule has 0 bridgehead atoms. The zero-order chi connectivity index (χ0) is 15.5. The zero-order valence-corrected chi connectivity index (χ0v) is 12.7. The average molecular weight is 336 g/mol. The van der Waals surface area contributed by atoms with Gasteiger partial charge in [-0.25, -0.2) is 9.97 Å². The van der Waals surface area contributed by atoms with Gasteiger partial charge in [0.1, 0.15) is 5.82 Å². The Balaban J connectivity index is 2.26. The van der Waals surface area contributed by atoms with Crippen LogP contribution in [0, 0.1) is 0 Å². The fourth-order valence-electron chi connectivity index (χ4n) is 1.88. The Labute approximate surface area is 129 Å². The molecule has 2 heterocycles. The van der Waals surface area contributed by atoms with Crippen molar-refractivity contribution in [2.75, 3.05) is 5.32 Å². The van der Waals surface area contributed by atoms with Gasteiger partial charge in [0, 0.05) is 10.9 Å². The van der Waals surface area contributed by atoms with Crippen molar-refractivity contribution in [2.24, 2.45) is 0 Å². The van der Waals surface area contributed by atoms with E-state index in [1.807, 2.05) is 24.4 Å². The maximum atomic E-state index is 12.7. The van der Waals surface area contributed by atoms with E-state index in [1.54, 1.807) is 11.3 Å². The van der Waals surface area contributed by atoms with Crippen LogP contribution in [0.25, 0.3) is 0 Å². The lowest BCUT2D eigenvalue weighted by molar-refractivity contribution is -0.141. The number of thiophene rings is 1. The molecule has 0 spiro atoms. The van der Waals surface area contributed by atoms with Crippen molar-refractivity contribution < 1.29 is 13.2 Å². The monoisotopic (exact) mass is 335 g/mol. The van der Waals surface area contributed by atoms with E-state index >= 15 is 0 Å². The molecule has 1 unspecified atom stereocenters. The predicted molar refractivity (Wildman–Crippen MR) is 77.6 cm³/mol. The number of alkyl halides is 3. The third kappa shape index (κ3) is 4.31. The highest BCUT2D eigenvalue weighted by molar-refractivity contribution is 7.10. The molecule has 0 fully saturated rings. The summed E-state index contributed by atoms with van der Waals surface area (Å²) in [4.78, 5) is 8.08. The second-order valence-corrected chi connectivity index (χ2v) is 5.72. The van der Waals surface area contributed by atoms with Crippen molar-refractivity contribution >= 4 is 28.8 Å². The van der Waals surface area contributed by atoms with Gasteiger partial charge in [-0.2, -0.15) is 13.2 Å². The van der Waals surface area contributed by atoms with Gasteiger partial charge in [0.15, 0.2) is 5.69 Å². The third-order valence-corrected chi connectivity index (χ3v) is 3.93. The number of hydrogen-bond donors (Lipinski definition) is 1. The Morgan fingerprint density at radius 3 is 2.71 bits per heavy atom. The van der Waals surface area contributed by atoms with Crippen molar-refractivity contribution in [3.63, 3.8) is 0 Å². The zero-order valence-electron chi connectivity index (χ0n) is 11.1. The van der Waals surface area contributed by atoms with Crippen LogP contribution >= 0.6 is 22.9 Å². The summed E-state index contributed by atoms with van der Waals surface area (Å²) >= 11 is 7.12.